The molecule has 0 aliphatic rings. The van der Waals surface area contributed by atoms with E-state index in [9.17, 15) is 9.59 Å². The highest BCUT2D eigenvalue weighted by Crippen LogP contribution is 2.21. The maximum absolute atomic E-state index is 11.8. The van der Waals surface area contributed by atoms with Crippen molar-refractivity contribution in [2.24, 2.45) is 0 Å². The lowest BCUT2D eigenvalue weighted by molar-refractivity contribution is 0.0827. The van der Waals surface area contributed by atoms with Crippen LogP contribution in [0.15, 0.2) is 48.5 Å². The number of benzene rings is 2. The minimum absolute atomic E-state index is 0.0107. The Labute approximate surface area is 118 Å². The van der Waals surface area contributed by atoms with Crippen molar-refractivity contribution in [3.8, 4) is 11.1 Å². The first-order valence-electron chi connectivity index (χ1n) is 6.42. The van der Waals surface area contributed by atoms with Crippen LogP contribution in [0.1, 0.15) is 27.6 Å². The zero-order chi connectivity index (χ0) is 14.7. The van der Waals surface area contributed by atoms with Crippen LogP contribution in [0.3, 0.4) is 0 Å². The Kier molecular flexibility index (Phi) is 3.99. The molecule has 2 aromatic carbocycles. The monoisotopic (exact) mass is 267 g/mol. The van der Waals surface area contributed by atoms with Crippen LogP contribution in [-0.4, -0.2) is 30.7 Å². The molecule has 0 heterocycles. The standard InChI is InChI=1S/C17H17NO2/c1-12(19)13-4-6-14(7-5-13)15-8-10-16(11-9-15)17(20)18(2)3/h4-11H,1-3H3. The normalized spacial score (nSPS) is 10.2. The highest BCUT2D eigenvalue weighted by Gasteiger charge is 2.07. The van der Waals surface area contributed by atoms with Crippen LogP contribution in [0.5, 0.6) is 0 Å². The quantitative estimate of drug-likeness (QED) is 0.800. The van der Waals surface area contributed by atoms with Gasteiger partial charge in [-0.1, -0.05) is 36.4 Å². The molecule has 0 bridgehead atoms. The van der Waals surface area contributed by atoms with E-state index < -0.39 is 0 Å². The summed E-state index contributed by atoms with van der Waals surface area (Å²) in [4.78, 5) is 24.6. The molecule has 0 atom stereocenters. The number of nitrogens with zero attached hydrogens (tertiary/aromatic N) is 1. The average molecular weight is 267 g/mol. The summed E-state index contributed by atoms with van der Waals surface area (Å²) in [6.07, 6.45) is 0. The SMILES string of the molecule is CC(=O)c1ccc(-c2ccc(C(=O)N(C)C)cc2)cc1. The molecule has 2 rings (SSSR count). The first kappa shape index (κ1) is 14.0. The summed E-state index contributed by atoms with van der Waals surface area (Å²) in [6.45, 7) is 1.55. The molecule has 1 amide bonds. The summed E-state index contributed by atoms with van der Waals surface area (Å²) in [5, 5.41) is 0. The van der Waals surface area contributed by atoms with E-state index in [1.54, 1.807) is 25.9 Å². The number of carbonyl (C=O) groups excluding carboxylic acids is 2. The van der Waals surface area contributed by atoms with Gasteiger partial charge in [0.1, 0.15) is 0 Å². The highest BCUT2D eigenvalue weighted by molar-refractivity contribution is 5.95. The average Bonchev–Trinajstić information content (AvgIpc) is 2.46. The van der Waals surface area contributed by atoms with Crippen molar-refractivity contribution >= 4 is 11.7 Å². The number of hydrogen-bond acceptors (Lipinski definition) is 2. The van der Waals surface area contributed by atoms with Crippen molar-refractivity contribution in [2.45, 2.75) is 6.92 Å². The van der Waals surface area contributed by atoms with Crippen molar-refractivity contribution in [2.75, 3.05) is 14.1 Å². The first-order chi connectivity index (χ1) is 9.49. The smallest absolute Gasteiger partial charge is 0.253 e. The number of Topliss-reactive ketones (excluding diaryl/α,β-unsaturated/α-hetero) is 1. The number of carbonyl (C=O) groups is 2. The molecule has 0 aromatic heterocycles. The van der Waals surface area contributed by atoms with Gasteiger partial charge in [-0.2, -0.15) is 0 Å². The molecule has 0 unspecified atom stereocenters. The van der Waals surface area contributed by atoms with Gasteiger partial charge in [-0.15, -0.1) is 0 Å². The predicted octanol–water partition coefficient (Wildman–Crippen LogP) is 3.26. The van der Waals surface area contributed by atoms with Crippen molar-refractivity contribution in [3.63, 3.8) is 0 Å². The van der Waals surface area contributed by atoms with Crippen molar-refractivity contribution in [1.29, 1.82) is 0 Å². The molecule has 0 saturated carbocycles. The van der Waals surface area contributed by atoms with Gasteiger partial charge >= 0.3 is 0 Å². The van der Waals surface area contributed by atoms with E-state index in [4.69, 9.17) is 0 Å². The third-order valence-corrected chi connectivity index (χ3v) is 3.16. The summed E-state index contributed by atoms with van der Waals surface area (Å²) in [5.74, 6) is 0.0481. The van der Waals surface area contributed by atoms with Gasteiger partial charge in [0.25, 0.3) is 5.91 Å². The van der Waals surface area contributed by atoms with Crippen molar-refractivity contribution in [1.82, 2.24) is 4.90 Å². The van der Waals surface area contributed by atoms with E-state index in [1.165, 1.54) is 0 Å². The Bertz CT molecular complexity index is 625. The maximum Gasteiger partial charge on any atom is 0.253 e. The number of rotatable bonds is 3. The van der Waals surface area contributed by atoms with Crippen molar-refractivity contribution in [3.05, 3.63) is 59.7 Å². The molecule has 0 aliphatic heterocycles. The molecular formula is C17H17NO2. The zero-order valence-electron chi connectivity index (χ0n) is 11.9. The first-order valence-corrected chi connectivity index (χ1v) is 6.42. The van der Waals surface area contributed by atoms with Crippen LogP contribution in [-0.2, 0) is 0 Å². The van der Waals surface area contributed by atoms with Crippen LogP contribution in [0, 0.1) is 0 Å². The second-order valence-corrected chi connectivity index (χ2v) is 4.91. The molecule has 0 radical (unpaired) electrons. The molecule has 0 saturated heterocycles. The van der Waals surface area contributed by atoms with Gasteiger partial charge in [0.15, 0.2) is 5.78 Å². The minimum atomic E-state index is -0.0107. The predicted molar refractivity (Wildman–Crippen MR) is 79.9 cm³/mol. The van der Waals surface area contributed by atoms with E-state index in [0.717, 1.165) is 11.1 Å². The van der Waals surface area contributed by atoms with E-state index in [2.05, 4.69) is 0 Å². The van der Waals surface area contributed by atoms with Crippen LogP contribution >= 0.6 is 0 Å². The fraction of sp³-hybridized carbons (Fsp3) is 0.176. The topological polar surface area (TPSA) is 37.4 Å². The summed E-state index contributed by atoms with van der Waals surface area (Å²) in [6, 6.07) is 14.9. The van der Waals surface area contributed by atoms with Gasteiger partial charge < -0.3 is 4.90 Å². The molecule has 20 heavy (non-hydrogen) atoms. The van der Waals surface area contributed by atoms with Gasteiger partial charge in [-0.25, -0.2) is 0 Å². The minimum Gasteiger partial charge on any atom is -0.345 e. The molecule has 102 valence electrons. The zero-order valence-corrected chi connectivity index (χ0v) is 11.9. The fourth-order valence-corrected chi connectivity index (χ4v) is 1.96. The molecule has 2 aromatic rings. The maximum atomic E-state index is 11.8. The molecular weight excluding hydrogens is 250 g/mol. The lowest BCUT2D eigenvalue weighted by Gasteiger charge is -2.10. The largest absolute Gasteiger partial charge is 0.345 e. The number of ketones is 1. The van der Waals surface area contributed by atoms with E-state index in [1.807, 2.05) is 48.5 Å². The van der Waals surface area contributed by atoms with Gasteiger partial charge in [0.05, 0.1) is 0 Å². The van der Waals surface area contributed by atoms with Crippen LogP contribution < -0.4 is 0 Å². The van der Waals surface area contributed by atoms with Gasteiger partial charge in [0, 0.05) is 25.2 Å². The summed E-state index contributed by atoms with van der Waals surface area (Å²) < 4.78 is 0. The fourth-order valence-electron chi connectivity index (χ4n) is 1.96. The molecule has 0 fully saturated rings. The Morgan fingerprint density at radius 1 is 0.750 bits per heavy atom. The molecule has 0 N–H and O–H groups in total. The van der Waals surface area contributed by atoms with Gasteiger partial charge in [-0.3, -0.25) is 9.59 Å². The Morgan fingerprint density at radius 3 is 1.50 bits per heavy atom. The Morgan fingerprint density at radius 2 is 1.15 bits per heavy atom. The molecule has 3 nitrogen and oxygen atoms in total. The summed E-state index contributed by atoms with van der Waals surface area (Å²) >= 11 is 0. The van der Waals surface area contributed by atoms with Gasteiger partial charge in [0.2, 0.25) is 0 Å². The lowest BCUT2D eigenvalue weighted by Crippen LogP contribution is -2.21. The molecule has 0 spiro atoms. The summed E-state index contributed by atoms with van der Waals surface area (Å²) in [7, 11) is 3.47. The number of hydrogen-bond donors (Lipinski definition) is 0. The van der Waals surface area contributed by atoms with E-state index >= 15 is 0 Å². The third-order valence-electron chi connectivity index (χ3n) is 3.16. The third kappa shape index (κ3) is 2.94. The Balaban J connectivity index is 2.26. The van der Waals surface area contributed by atoms with Crippen LogP contribution in [0.4, 0.5) is 0 Å². The van der Waals surface area contributed by atoms with Gasteiger partial charge in [-0.05, 0) is 30.2 Å². The van der Waals surface area contributed by atoms with E-state index in [-0.39, 0.29) is 11.7 Å². The van der Waals surface area contributed by atoms with E-state index in [0.29, 0.717) is 11.1 Å². The molecule has 0 aliphatic carbocycles. The second-order valence-electron chi connectivity index (χ2n) is 4.91. The highest BCUT2D eigenvalue weighted by atomic mass is 16.2. The Hall–Kier alpha value is -2.42. The number of amides is 1. The second kappa shape index (κ2) is 5.70. The lowest BCUT2D eigenvalue weighted by atomic mass is 10.0. The summed E-state index contributed by atoms with van der Waals surface area (Å²) in [5.41, 5.74) is 3.42. The molecule has 3 heteroatoms. The van der Waals surface area contributed by atoms with Crippen LogP contribution in [0.2, 0.25) is 0 Å². The van der Waals surface area contributed by atoms with Crippen molar-refractivity contribution < 1.29 is 9.59 Å². The van der Waals surface area contributed by atoms with Crippen LogP contribution in [0.25, 0.3) is 11.1 Å².